The van der Waals surface area contributed by atoms with E-state index >= 15 is 0 Å². The first kappa shape index (κ1) is 22.2. The summed E-state index contributed by atoms with van der Waals surface area (Å²) >= 11 is 1.74. The normalized spacial score (nSPS) is 15.3. The molecule has 2 aromatic carbocycles. The topological polar surface area (TPSA) is 45.9 Å². The molecule has 0 saturated carbocycles. The van der Waals surface area contributed by atoms with Gasteiger partial charge >= 0.3 is 0 Å². The Hall–Kier alpha value is -3.26. The quantitative estimate of drug-likeness (QED) is 0.338. The number of fused-ring (bicyclic) bond motifs is 2. The molecule has 35 heavy (non-hydrogen) atoms. The highest BCUT2D eigenvalue weighted by molar-refractivity contribution is 7.22. The fourth-order valence-electron chi connectivity index (χ4n) is 4.82. The van der Waals surface area contributed by atoms with Crippen molar-refractivity contribution in [3.8, 4) is 27.6 Å². The highest BCUT2D eigenvalue weighted by Gasteiger charge is 2.16. The van der Waals surface area contributed by atoms with Crippen LogP contribution in [0, 0.1) is 6.92 Å². The third kappa shape index (κ3) is 4.31. The van der Waals surface area contributed by atoms with Gasteiger partial charge < -0.3 is 9.64 Å². The molecule has 0 aliphatic carbocycles. The third-order valence-corrected chi connectivity index (χ3v) is 7.99. The Labute approximate surface area is 209 Å². The molecule has 0 bridgehead atoms. The number of ether oxygens (including phenoxy) is 1. The van der Waals surface area contributed by atoms with Crippen molar-refractivity contribution in [3.05, 3.63) is 71.9 Å². The summed E-state index contributed by atoms with van der Waals surface area (Å²) in [6, 6.07) is 19.4. The minimum atomic E-state index is 0.851. The highest BCUT2D eigenvalue weighted by Crippen LogP contribution is 2.37. The molecule has 1 aliphatic heterocycles. The molecule has 5 aromatic rings. The number of rotatable bonds is 5. The summed E-state index contributed by atoms with van der Waals surface area (Å²) in [4.78, 5) is 10.7. The summed E-state index contributed by atoms with van der Waals surface area (Å²) in [6.45, 7) is 7.55. The van der Waals surface area contributed by atoms with E-state index in [1.54, 1.807) is 18.4 Å². The van der Waals surface area contributed by atoms with E-state index in [0.717, 1.165) is 71.5 Å². The van der Waals surface area contributed by atoms with Gasteiger partial charge in [-0.1, -0.05) is 18.2 Å². The van der Waals surface area contributed by atoms with Crippen LogP contribution in [0.4, 0.5) is 0 Å². The Morgan fingerprint density at radius 3 is 2.69 bits per heavy atom. The van der Waals surface area contributed by atoms with Gasteiger partial charge in [0.15, 0.2) is 5.65 Å². The lowest BCUT2D eigenvalue weighted by atomic mass is 10.1. The molecule has 1 fully saturated rings. The molecular formula is C28H29N5OS. The van der Waals surface area contributed by atoms with Crippen molar-refractivity contribution < 1.29 is 4.74 Å². The molecule has 0 amide bonds. The molecule has 6 rings (SSSR count). The van der Waals surface area contributed by atoms with Crippen LogP contribution in [-0.2, 0) is 6.54 Å². The molecule has 1 saturated heterocycles. The summed E-state index contributed by atoms with van der Waals surface area (Å²) in [7, 11) is 3.92. The predicted molar refractivity (Wildman–Crippen MR) is 143 cm³/mol. The van der Waals surface area contributed by atoms with Crippen molar-refractivity contribution in [1.29, 1.82) is 0 Å². The van der Waals surface area contributed by atoms with Crippen molar-refractivity contribution in [2.75, 3.05) is 40.3 Å². The molecule has 0 atom stereocenters. The summed E-state index contributed by atoms with van der Waals surface area (Å²) in [5, 5.41) is 6.23. The Kier molecular flexibility index (Phi) is 5.76. The second kappa shape index (κ2) is 9.07. The number of likely N-dealkylation sites (N-methyl/N-ethyl adjacent to an activating group) is 1. The first-order valence-corrected chi connectivity index (χ1v) is 12.8. The van der Waals surface area contributed by atoms with E-state index in [2.05, 4.69) is 83.4 Å². The van der Waals surface area contributed by atoms with Crippen LogP contribution in [0.1, 0.15) is 11.1 Å². The Morgan fingerprint density at radius 1 is 1.00 bits per heavy atom. The maximum atomic E-state index is 5.52. The van der Waals surface area contributed by atoms with E-state index in [9.17, 15) is 0 Å². The van der Waals surface area contributed by atoms with Gasteiger partial charge in [-0.3, -0.25) is 4.90 Å². The van der Waals surface area contributed by atoms with E-state index in [-0.39, 0.29) is 0 Å². The van der Waals surface area contributed by atoms with Crippen molar-refractivity contribution in [1.82, 2.24) is 24.4 Å². The van der Waals surface area contributed by atoms with Gasteiger partial charge in [-0.05, 0) is 66.9 Å². The molecule has 6 nitrogen and oxygen atoms in total. The summed E-state index contributed by atoms with van der Waals surface area (Å²) in [6.07, 6.45) is 1.92. The number of nitrogens with zero attached hydrogens (tertiary/aromatic N) is 5. The van der Waals surface area contributed by atoms with Crippen LogP contribution in [0.5, 0.6) is 5.75 Å². The number of aromatic nitrogens is 3. The van der Waals surface area contributed by atoms with Gasteiger partial charge in [-0.25, -0.2) is 9.50 Å². The zero-order valence-corrected chi connectivity index (χ0v) is 21.2. The predicted octanol–water partition coefficient (Wildman–Crippen LogP) is 5.34. The first-order chi connectivity index (χ1) is 17.1. The minimum absolute atomic E-state index is 0.851. The lowest BCUT2D eigenvalue weighted by Crippen LogP contribution is -2.43. The molecule has 3 aromatic heterocycles. The van der Waals surface area contributed by atoms with E-state index < -0.39 is 0 Å². The molecule has 0 unspecified atom stereocenters. The fourth-order valence-corrected chi connectivity index (χ4v) is 5.88. The second-order valence-corrected chi connectivity index (χ2v) is 10.5. The molecule has 7 heteroatoms. The monoisotopic (exact) mass is 483 g/mol. The van der Waals surface area contributed by atoms with Crippen LogP contribution in [0.15, 0.2) is 60.8 Å². The SMILES string of the molecule is COc1cc2sc(-c3cnc4ccc(-c5cccc(CN6CCN(C)CC6)c5)nn34)cc2cc1C. The first-order valence-electron chi connectivity index (χ1n) is 12.0. The van der Waals surface area contributed by atoms with Gasteiger partial charge in [0.05, 0.1) is 23.9 Å². The summed E-state index contributed by atoms with van der Waals surface area (Å²) in [5.74, 6) is 0.918. The average molecular weight is 484 g/mol. The number of imidazole rings is 1. The number of thiophene rings is 1. The Bertz CT molecular complexity index is 1510. The van der Waals surface area contributed by atoms with E-state index in [0.29, 0.717) is 0 Å². The summed E-state index contributed by atoms with van der Waals surface area (Å²) in [5.41, 5.74) is 6.41. The third-order valence-electron chi connectivity index (χ3n) is 6.87. The Balaban J connectivity index is 1.33. The van der Waals surface area contributed by atoms with Crippen LogP contribution in [-0.4, -0.2) is 64.7 Å². The van der Waals surface area contributed by atoms with E-state index in [1.165, 1.54) is 15.6 Å². The van der Waals surface area contributed by atoms with Crippen LogP contribution in [0.25, 0.3) is 37.6 Å². The average Bonchev–Trinajstić information content (AvgIpc) is 3.48. The zero-order chi connectivity index (χ0) is 23.9. The van der Waals surface area contributed by atoms with Gasteiger partial charge in [0.25, 0.3) is 0 Å². The van der Waals surface area contributed by atoms with Crippen molar-refractivity contribution in [3.63, 3.8) is 0 Å². The van der Waals surface area contributed by atoms with Gasteiger partial charge in [0.1, 0.15) is 11.4 Å². The highest BCUT2D eigenvalue weighted by atomic mass is 32.1. The van der Waals surface area contributed by atoms with Crippen LogP contribution in [0.3, 0.4) is 0 Å². The van der Waals surface area contributed by atoms with Gasteiger partial charge in [-0.2, -0.15) is 5.10 Å². The smallest absolute Gasteiger partial charge is 0.154 e. The van der Waals surface area contributed by atoms with Gasteiger partial charge in [-0.15, -0.1) is 11.3 Å². The van der Waals surface area contributed by atoms with Crippen LogP contribution >= 0.6 is 11.3 Å². The van der Waals surface area contributed by atoms with Crippen molar-refractivity contribution in [2.24, 2.45) is 0 Å². The summed E-state index contributed by atoms with van der Waals surface area (Å²) < 4.78 is 8.69. The van der Waals surface area contributed by atoms with Gasteiger partial charge in [0, 0.05) is 43.0 Å². The van der Waals surface area contributed by atoms with E-state index in [4.69, 9.17) is 9.84 Å². The van der Waals surface area contributed by atoms with E-state index in [1.807, 2.05) is 10.7 Å². The second-order valence-electron chi connectivity index (χ2n) is 9.38. The zero-order valence-electron chi connectivity index (χ0n) is 20.4. The molecule has 178 valence electrons. The number of aryl methyl sites for hydroxylation is 1. The largest absolute Gasteiger partial charge is 0.496 e. The lowest BCUT2D eigenvalue weighted by molar-refractivity contribution is 0.148. The maximum absolute atomic E-state index is 5.52. The molecule has 1 aliphatic rings. The van der Waals surface area contributed by atoms with Gasteiger partial charge in [0.2, 0.25) is 0 Å². The van der Waals surface area contributed by atoms with Crippen molar-refractivity contribution >= 4 is 27.1 Å². The standard InChI is InChI=1S/C28H29N5OS/c1-19-13-22-15-27(35-26(22)16-25(19)34-3)24-17-29-28-8-7-23(30-33(24)28)21-6-4-5-20(14-21)18-32-11-9-31(2)10-12-32/h4-8,13-17H,9-12,18H2,1-3H3. The number of hydrogen-bond acceptors (Lipinski definition) is 6. The number of hydrogen-bond donors (Lipinski definition) is 0. The van der Waals surface area contributed by atoms with Crippen LogP contribution in [0.2, 0.25) is 0 Å². The minimum Gasteiger partial charge on any atom is -0.496 e. The lowest BCUT2D eigenvalue weighted by Gasteiger charge is -2.32. The molecule has 4 heterocycles. The molecule has 0 radical (unpaired) electrons. The fraction of sp³-hybridized carbons (Fsp3) is 0.286. The Morgan fingerprint density at radius 2 is 1.86 bits per heavy atom. The van der Waals surface area contributed by atoms with Crippen molar-refractivity contribution in [2.45, 2.75) is 13.5 Å². The maximum Gasteiger partial charge on any atom is 0.154 e. The van der Waals surface area contributed by atoms with Crippen LogP contribution < -0.4 is 4.74 Å². The number of benzene rings is 2. The number of methoxy groups -OCH3 is 1. The molecular weight excluding hydrogens is 454 g/mol. The molecule has 0 N–H and O–H groups in total. The number of piperazine rings is 1. The molecule has 0 spiro atoms.